The summed E-state index contributed by atoms with van der Waals surface area (Å²) in [6.45, 7) is 5.56. The molecule has 0 radical (unpaired) electrons. The Morgan fingerprint density at radius 3 is 1.94 bits per heavy atom. The van der Waals surface area contributed by atoms with E-state index in [-0.39, 0.29) is 38.5 Å². The van der Waals surface area contributed by atoms with Crippen molar-refractivity contribution >= 4 is 33.1 Å². The Bertz CT molecular complexity index is 804. The Hall–Kier alpha value is -1.49. The van der Waals surface area contributed by atoms with Crippen molar-refractivity contribution < 1.29 is 50.7 Å². The lowest BCUT2D eigenvalue weighted by molar-refractivity contribution is -0.122. The molecule has 0 saturated heterocycles. The summed E-state index contributed by atoms with van der Waals surface area (Å²) < 4.78 is 56.2. The molecule has 1 N–H and O–H groups in total. The van der Waals surface area contributed by atoms with Crippen LogP contribution in [-0.4, -0.2) is 63.2 Å². The van der Waals surface area contributed by atoms with Crippen LogP contribution in [0.4, 0.5) is 0 Å². The van der Waals surface area contributed by atoms with Crippen molar-refractivity contribution in [3.8, 4) is 0 Å². The van der Waals surface area contributed by atoms with Crippen LogP contribution in [0.25, 0.3) is 0 Å². The minimum Gasteiger partial charge on any atom is -0.349 e. The Balaban J connectivity index is 2.96. The van der Waals surface area contributed by atoms with Crippen molar-refractivity contribution in [3.05, 3.63) is 23.8 Å². The van der Waals surface area contributed by atoms with Crippen LogP contribution in [0.1, 0.15) is 27.7 Å². The predicted molar refractivity (Wildman–Crippen MR) is 113 cm³/mol. The maximum atomic E-state index is 12.8. The molecule has 0 spiro atoms. The molecular formula is C18H29NO11P2. The summed E-state index contributed by atoms with van der Waals surface area (Å²) in [5.41, 5.74) is -0.371. The van der Waals surface area contributed by atoms with E-state index >= 15 is 0 Å². The summed E-state index contributed by atoms with van der Waals surface area (Å²) in [5.74, 6) is -2.03. The molecule has 1 unspecified atom stereocenters. The molecule has 1 rings (SSSR count). The van der Waals surface area contributed by atoms with Gasteiger partial charge in [0.1, 0.15) is 6.10 Å². The van der Waals surface area contributed by atoms with Crippen LogP contribution in [0.5, 0.6) is 0 Å². The van der Waals surface area contributed by atoms with E-state index in [9.17, 15) is 23.5 Å². The SMILES string of the molecule is CCOP(=O)(OCC)OCC(CNC(=O)C1=CC(=O)C=CC1=O)OP(=O)(OCC)OCC. The number of rotatable bonds is 16. The zero-order valence-electron chi connectivity index (χ0n) is 18.4. The summed E-state index contributed by atoms with van der Waals surface area (Å²) in [6.07, 6.45) is 1.71. The molecule has 1 aliphatic rings. The molecule has 1 amide bonds. The van der Waals surface area contributed by atoms with Gasteiger partial charge in [0.05, 0.1) is 38.6 Å². The fourth-order valence-corrected chi connectivity index (χ4v) is 4.85. The summed E-state index contributed by atoms with van der Waals surface area (Å²) in [7, 11) is -8.00. The van der Waals surface area contributed by atoms with E-state index in [1.165, 1.54) is 0 Å². The van der Waals surface area contributed by atoms with E-state index in [0.29, 0.717) is 0 Å². The number of ketones is 2. The first-order valence-corrected chi connectivity index (χ1v) is 12.9. The highest BCUT2D eigenvalue weighted by molar-refractivity contribution is 7.48. The zero-order chi connectivity index (χ0) is 24.2. The first-order chi connectivity index (χ1) is 15.1. The van der Waals surface area contributed by atoms with E-state index in [4.69, 9.17) is 27.1 Å². The van der Waals surface area contributed by atoms with Crippen LogP contribution >= 0.6 is 15.6 Å². The standard InChI is InChI=1S/C18H29NO11P2/c1-5-25-31(23,26-6-2)29-13-15(30-32(24,27-7-3)28-8-4)12-19-18(22)16-11-14(20)9-10-17(16)21/h9-11,15H,5-8,12-13H2,1-4H3,(H,19,22). The number of carbonyl (C=O) groups excluding carboxylic acids is 3. The number of allylic oxidation sites excluding steroid dienone is 3. The molecule has 12 nitrogen and oxygen atoms in total. The summed E-state index contributed by atoms with van der Waals surface area (Å²) >= 11 is 0. The fraction of sp³-hybridized carbons (Fsp3) is 0.611. The second-order valence-corrected chi connectivity index (χ2v) is 9.25. The van der Waals surface area contributed by atoms with E-state index in [1.807, 2.05) is 0 Å². The van der Waals surface area contributed by atoms with Gasteiger partial charge in [-0.15, -0.1) is 0 Å². The van der Waals surface area contributed by atoms with Gasteiger partial charge in [-0.25, -0.2) is 9.13 Å². The van der Waals surface area contributed by atoms with Crippen LogP contribution in [0.2, 0.25) is 0 Å². The third kappa shape index (κ3) is 9.56. The Morgan fingerprint density at radius 1 is 0.875 bits per heavy atom. The van der Waals surface area contributed by atoms with Crippen molar-refractivity contribution in [1.29, 1.82) is 0 Å². The lowest BCUT2D eigenvalue weighted by Gasteiger charge is -2.25. The fourth-order valence-electron chi connectivity index (χ4n) is 2.31. The molecule has 182 valence electrons. The Kier molecular flexibility index (Phi) is 12.4. The van der Waals surface area contributed by atoms with Gasteiger partial charge in [0.25, 0.3) is 5.91 Å². The van der Waals surface area contributed by atoms with Crippen molar-refractivity contribution in [2.24, 2.45) is 0 Å². The van der Waals surface area contributed by atoms with Gasteiger partial charge in [-0.2, -0.15) is 0 Å². The zero-order valence-corrected chi connectivity index (χ0v) is 20.2. The van der Waals surface area contributed by atoms with Crippen LogP contribution in [0.15, 0.2) is 23.8 Å². The topological polar surface area (TPSA) is 153 Å². The number of carbonyl (C=O) groups is 3. The molecule has 0 aromatic rings. The lowest BCUT2D eigenvalue weighted by Crippen LogP contribution is -2.38. The van der Waals surface area contributed by atoms with Crippen LogP contribution < -0.4 is 5.32 Å². The van der Waals surface area contributed by atoms with Gasteiger partial charge in [0, 0.05) is 12.6 Å². The lowest BCUT2D eigenvalue weighted by atomic mass is 10.0. The second kappa shape index (κ2) is 13.9. The summed E-state index contributed by atoms with van der Waals surface area (Å²) in [4.78, 5) is 35.7. The van der Waals surface area contributed by atoms with E-state index in [2.05, 4.69) is 5.32 Å². The minimum atomic E-state index is -4.05. The molecule has 0 saturated carbocycles. The maximum Gasteiger partial charge on any atom is 0.475 e. The third-order valence-electron chi connectivity index (χ3n) is 3.53. The largest absolute Gasteiger partial charge is 0.475 e. The quantitative estimate of drug-likeness (QED) is 0.190. The molecule has 32 heavy (non-hydrogen) atoms. The van der Waals surface area contributed by atoms with Gasteiger partial charge >= 0.3 is 15.6 Å². The van der Waals surface area contributed by atoms with Crippen molar-refractivity contribution in [2.75, 3.05) is 39.6 Å². The van der Waals surface area contributed by atoms with Crippen molar-refractivity contribution in [2.45, 2.75) is 33.8 Å². The van der Waals surface area contributed by atoms with Gasteiger partial charge in [-0.1, -0.05) is 0 Å². The van der Waals surface area contributed by atoms with Gasteiger partial charge in [0.15, 0.2) is 11.6 Å². The van der Waals surface area contributed by atoms with Gasteiger partial charge < -0.3 is 5.32 Å². The minimum absolute atomic E-state index is 0.00341. The average Bonchev–Trinajstić information content (AvgIpc) is 2.72. The molecule has 0 aromatic heterocycles. The van der Waals surface area contributed by atoms with Gasteiger partial charge in [-0.05, 0) is 39.8 Å². The molecule has 0 aromatic carbocycles. The average molecular weight is 497 g/mol. The molecule has 1 atom stereocenters. The number of hydrogen-bond donors (Lipinski definition) is 1. The number of hydrogen-bond acceptors (Lipinski definition) is 11. The highest BCUT2D eigenvalue weighted by Crippen LogP contribution is 2.52. The molecule has 0 aliphatic heterocycles. The monoisotopic (exact) mass is 497 g/mol. The van der Waals surface area contributed by atoms with Crippen LogP contribution in [0.3, 0.4) is 0 Å². The number of phosphoric ester groups is 2. The molecule has 0 fully saturated rings. The van der Waals surface area contributed by atoms with Gasteiger partial charge in [-0.3, -0.25) is 41.5 Å². The second-order valence-electron chi connectivity index (χ2n) is 5.96. The third-order valence-corrected chi connectivity index (χ3v) is 6.85. The predicted octanol–water partition coefficient (Wildman–Crippen LogP) is 2.50. The smallest absolute Gasteiger partial charge is 0.349 e. The highest BCUT2D eigenvalue weighted by Gasteiger charge is 2.34. The number of amides is 1. The Morgan fingerprint density at radius 2 is 1.41 bits per heavy atom. The number of phosphoric acid groups is 2. The first-order valence-electron chi connectivity index (χ1n) is 9.99. The first kappa shape index (κ1) is 28.5. The highest BCUT2D eigenvalue weighted by atomic mass is 31.2. The molecule has 0 bridgehead atoms. The molecule has 0 heterocycles. The Labute approximate surface area is 186 Å². The number of nitrogens with one attached hydrogen (secondary N) is 1. The van der Waals surface area contributed by atoms with E-state index in [1.54, 1.807) is 27.7 Å². The van der Waals surface area contributed by atoms with Crippen molar-refractivity contribution in [1.82, 2.24) is 5.32 Å². The van der Waals surface area contributed by atoms with E-state index in [0.717, 1.165) is 18.2 Å². The molecular weight excluding hydrogens is 468 g/mol. The molecule has 14 heteroatoms. The van der Waals surface area contributed by atoms with E-state index < -0.39 is 45.8 Å². The van der Waals surface area contributed by atoms with Crippen LogP contribution in [-0.2, 0) is 50.7 Å². The normalized spacial score (nSPS) is 15.6. The maximum absolute atomic E-state index is 12.8. The van der Waals surface area contributed by atoms with Gasteiger partial charge in [0.2, 0.25) is 0 Å². The molecule has 1 aliphatic carbocycles. The van der Waals surface area contributed by atoms with Crippen LogP contribution in [0, 0.1) is 0 Å². The summed E-state index contributed by atoms with van der Waals surface area (Å²) in [6, 6.07) is 0. The summed E-state index contributed by atoms with van der Waals surface area (Å²) in [5, 5.41) is 2.39. The van der Waals surface area contributed by atoms with Crippen molar-refractivity contribution in [3.63, 3.8) is 0 Å².